The summed E-state index contributed by atoms with van der Waals surface area (Å²) in [5.41, 5.74) is 2.13. The molecule has 8 nitrogen and oxygen atoms in total. The molecule has 2 rings (SSSR count). The Morgan fingerprint density at radius 1 is 0.972 bits per heavy atom. The monoisotopic (exact) mass is 517 g/mol. The number of methoxy groups -OCH3 is 1. The molecule has 0 aliphatic carbocycles. The lowest BCUT2D eigenvalue weighted by atomic mass is 9.87. The molecule has 198 valence electrons. The lowest BCUT2D eigenvalue weighted by Crippen LogP contribution is -2.52. The highest BCUT2D eigenvalue weighted by Gasteiger charge is 2.30. The molecule has 0 saturated carbocycles. The van der Waals surface area contributed by atoms with Gasteiger partial charge in [0.15, 0.2) is 0 Å². The third-order valence-electron chi connectivity index (χ3n) is 5.81. The maximum absolute atomic E-state index is 13.6. The summed E-state index contributed by atoms with van der Waals surface area (Å²) >= 11 is 0. The number of benzene rings is 2. The minimum absolute atomic E-state index is 0.0986. The predicted molar refractivity (Wildman–Crippen MR) is 144 cm³/mol. The number of carbonyl (C=O) groups excluding carboxylic acids is 2. The van der Waals surface area contributed by atoms with E-state index in [1.54, 1.807) is 38.3 Å². The Morgan fingerprint density at radius 2 is 1.53 bits per heavy atom. The van der Waals surface area contributed by atoms with Gasteiger partial charge in [-0.15, -0.1) is 0 Å². The number of nitrogens with one attached hydrogen (secondary N) is 1. The quantitative estimate of drug-likeness (QED) is 0.518. The minimum Gasteiger partial charge on any atom is -0.497 e. The number of nitrogens with zero attached hydrogens (tertiary/aromatic N) is 2. The van der Waals surface area contributed by atoms with Crippen molar-refractivity contribution in [1.29, 1.82) is 0 Å². The van der Waals surface area contributed by atoms with Gasteiger partial charge in [-0.2, -0.15) is 0 Å². The molecule has 0 radical (unpaired) electrons. The van der Waals surface area contributed by atoms with Crippen molar-refractivity contribution in [3.05, 3.63) is 59.7 Å². The van der Waals surface area contributed by atoms with Crippen LogP contribution in [0.4, 0.5) is 5.69 Å². The largest absolute Gasteiger partial charge is 0.497 e. The maximum atomic E-state index is 13.6. The second kappa shape index (κ2) is 11.8. The van der Waals surface area contributed by atoms with E-state index in [2.05, 4.69) is 26.1 Å². The van der Waals surface area contributed by atoms with Crippen LogP contribution in [0.5, 0.6) is 5.75 Å². The number of sulfonamides is 1. The van der Waals surface area contributed by atoms with Gasteiger partial charge in [-0.05, 0) is 61.6 Å². The highest BCUT2D eigenvalue weighted by molar-refractivity contribution is 7.92. The van der Waals surface area contributed by atoms with Crippen LogP contribution in [0.25, 0.3) is 0 Å². The Kier molecular flexibility index (Phi) is 9.54. The molecule has 0 bridgehead atoms. The predicted octanol–water partition coefficient (Wildman–Crippen LogP) is 3.70. The van der Waals surface area contributed by atoms with E-state index in [1.807, 2.05) is 38.1 Å². The van der Waals surface area contributed by atoms with Crippen LogP contribution in [-0.4, -0.2) is 57.1 Å². The zero-order chi connectivity index (χ0) is 27.3. The first-order valence-corrected chi connectivity index (χ1v) is 13.8. The molecule has 36 heavy (non-hydrogen) atoms. The Balaban J connectivity index is 2.39. The zero-order valence-electron chi connectivity index (χ0n) is 22.5. The second-order valence-corrected chi connectivity index (χ2v) is 12.2. The highest BCUT2D eigenvalue weighted by Crippen LogP contribution is 2.26. The van der Waals surface area contributed by atoms with E-state index >= 15 is 0 Å². The highest BCUT2D eigenvalue weighted by atomic mass is 32.2. The van der Waals surface area contributed by atoms with E-state index in [4.69, 9.17) is 4.74 Å². The van der Waals surface area contributed by atoms with Crippen molar-refractivity contribution in [2.75, 3.05) is 24.2 Å². The molecule has 0 saturated heterocycles. The molecule has 2 aromatic rings. The smallest absolute Gasteiger partial charge is 0.244 e. The van der Waals surface area contributed by atoms with Crippen LogP contribution in [0.15, 0.2) is 48.5 Å². The number of amides is 2. The fraction of sp³-hybridized carbons (Fsp3) is 0.481. The van der Waals surface area contributed by atoms with E-state index in [-0.39, 0.29) is 23.9 Å². The van der Waals surface area contributed by atoms with Gasteiger partial charge in [0.25, 0.3) is 0 Å². The molecule has 0 spiro atoms. The molecule has 9 heteroatoms. The van der Waals surface area contributed by atoms with Crippen molar-refractivity contribution >= 4 is 27.5 Å². The van der Waals surface area contributed by atoms with Crippen LogP contribution >= 0.6 is 0 Å². The molecule has 0 heterocycles. The number of ether oxygens (including phenoxy) is 1. The van der Waals surface area contributed by atoms with Crippen molar-refractivity contribution in [2.24, 2.45) is 0 Å². The van der Waals surface area contributed by atoms with E-state index < -0.39 is 28.5 Å². The standard InChI is InChI=1S/C27H39N3O5S/c1-19(2)28-26(32)20(3)29(17-21-9-15-24(35-7)16-10-21)25(31)18-30(36(8,33)34)23-13-11-22(12-14-23)27(4,5)6/h9-16,19-20H,17-18H2,1-8H3,(H,28,32). The van der Waals surface area contributed by atoms with Gasteiger partial charge in [0, 0.05) is 12.6 Å². The first-order chi connectivity index (χ1) is 16.6. The topological polar surface area (TPSA) is 96.0 Å². The van der Waals surface area contributed by atoms with Crippen LogP contribution in [0, 0.1) is 0 Å². The van der Waals surface area contributed by atoms with E-state index in [0.29, 0.717) is 11.4 Å². The first-order valence-electron chi connectivity index (χ1n) is 11.9. The van der Waals surface area contributed by atoms with Crippen molar-refractivity contribution in [1.82, 2.24) is 10.2 Å². The number of hydrogen-bond acceptors (Lipinski definition) is 5. The molecule has 1 unspecified atom stereocenters. The number of rotatable bonds is 10. The summed E-state index contributed by atoms with van der Waals surface area (Å²) < 4.78 is 31.7. The lowest BCUT2D eigenvalue weighted by molar-refractivity contribution is -0.139. The number of anilines is 1. The zero-order valence-corrected chi connectivity index (χ0v) is 23.3. The average Bonchev–Trinajstić information content (AvgIpc) is 2.79. The summed E-state index contributed by atoms with van der Waals surface area (Å²) in [4.78, 5) is 27.8. The van der Waals surface area contributed by atoms with Crippen LogP contribution in [0.2, 0.25) is 0 Å². The fourth-order valence-electron chi connectivity index (χ4n) is 3.66. The molecule has 0 aromatic heterocycles. The second-order valence-electron chi connectivity index (χ2n) is 10.3. The van der Waals surface area contributed by atoms with Crippen LogP contribution < -0.4 is 14.4 Å². The van der Waals surface area contributed by atoms with Crippen molar-refractivity contribution in [2.45, 2.75) is 65.6 Å². The molecule has 1 atom stereocenters. The van der Waals surface area contributed by atoms with Gasteiger partial charge in [-0.1, -0.05) is 45.0 Å². The minimum atomic E-state index is -3.77. The van der Waals surface area contributed by atoms with Gasteiger partial charge in [-0.3, -0.25) is 13.9 Å². The lowest BCUT2D eigenvalue weighted by Gasteiger charge is -2.32. The van der Waals surface area contributed by atoms with Crippen molar-refractivity contribution < 1.29 is 22.7 Å². The first kappa shape index (κ1) is 29.2. The molecule has 1 N–H and O–H groups in total. The van der Waals surface area contributed by atoms with Crippen LogP contribution in [-0.2, 0) is 31.6 Å². The summed E-state index contributed by atoms with van der Waals surface area (Å²) in [6.45, 7) is 11.2. The Morgan fingerprint density at radius 3 is 1.97 bits per heavy atom. The Hall–Kier alpha value is -3.07. The molecule has 0 aliphatic heterocycles. The molecule has 0 fully saturated rings. The third-order valence-corrected chi connectivity index (χ3v) is 6.95. The fourth-order valence-corrected chi connectivity index (χ4v) is 4.51. The maximum Gasteiger partial charge on any atom is 0.244 e. The molecular weight excluding hydrogens is 478 g/mol. The normalized spacial score (nSPS) is 12.7. The summed E-state index contributed by atoms with van der Waals surface area (Å²) in [6.07, 6.45) is 1.07. The summed E-state index contributed by atoms with van der Waals surface area (Å²) in [6, 6.07) is 13.4. The average molecular weight is 518 g/mol. The Bertz CT molecular complexity index is 1140. The third kappa shape index (κ3) is 7.98. The molecular formula is C27H39N3O5S. The van der Waals surface area contributed by atoms with E-state index in [0.717, 1.165) is 21.7 Å². The number of carbonyl (C=O) groups is 2. The Labute approximate surface area is 215 Å². The van der Waals surface area contributed by atoms with E-state index in [9.17, 15) is 18.0 Å². The summed E-state index contributed by atoms with van der Waals surface area (Å²) in [5, 5.41) is 2.83. The SMILES string of the molecule is COc1ccc(CN(C(=O)CN(c2ccc(C(C)(C)C)cc2)S(C)(=O)=O)C(C)C(=O)NC(C)C)cc1. The van der Waals surface area contributed by atoms with Gasteiger partial charge >= 0.3 is 0 Å². The van der Waals surface area contributed by atoms with Gasteiger partial charge in [0.1, 0.15) is 18.3 Å². The molecule has 2 aromatic carbocycles. The van der Waals surface area contributed by atoms with Crippen molar-refractivity contribution in [3.63, 3.8) is 0 Å². The van der Waals surface area contributed by atoms with E-state index in [1.165, 1.54) is 4.90 Å². The van der Waals surface area contributed by atoms with Crippen molar-refractivity contribution in [3.8, 4) is 5.75 Å². The summed E-state index contributed by atoms with van der Waals surface area (Å²) in [5.74, 6) is -0.126. The van der Waals surface area contributed by atoms with Gasteiger partial charge in [-0.25, -0.2) is 8.42 Å². The van der Waals surface area contributed by atoms with Crippen LogP contribution in [0.1, 0.15) is 52.7 Å². The van der Waals surface area contributed by atoms with Gasteiger partial charge in [0.05, 0.1) is 19.1 Å². The molecule has 2 amide bonds. The summed E-state index contributed by atoms with van der Waals surface area (Å²) in [7, 11) is -2.21. The van der Waals surface area contributed by atoms with Gasteiger partial charge in [0.2, 0.25) is 21.8 Å². The van der Waals surface area contributed by atoms with Crippen LogP contribution in [0.3, 0.4) is 0 Å². The molecule has 0 aliphatic rings. The van der Waals surface area contributed by atoms with Gasteiger partial charge < -0.3 is 15.0 Å². The number of hydrogen-bond donors (Lipinski definition) is 1.